The summed E-state index contributed by atoms with van der Waals surface area (Å²) in [6.45, 7) is 6.38. The normalized spacial score (nSPS) is 18.4. The average molecular weight is 450 g/mol. The van der Waals surface area contributed by atoms with Crippen LogP contribution >= 0.6 is 11.6 Å². The first kappa shape index (κ1) is 23.4. The Morgan fingerprint density at radius 1 is 1.31 bits per heavy atom. The Labute approximate surface area is 175 Å². The van der Waals surface area contributed by atoms with Crippen LogP contribution in [0, 0.1) is 5.82 Å². The molecule has 2 amide bonds. The second-order valence-electron chi connectivity index (χ2n) is 7.57. The summed E-state index contributed by atoms with van der Waals surface area (Å²) in [5.74, 6) is -1.50. The van der Waals surface area contributed by atoms with Crippen LogP contribution < -0.4 is 5.32 Å². The Kier molecular flexibility index (Phi) is 7.13. The van der Waals surface area contributed by atoms with Crippen LogP contribution in [0.25, 0.3) is 0 Å². The number of sulfonamides is 1. The predicted molar refractivity (Wildman–Crippen MR) is 108 cm³/mol. The van der Waals surface area contributed by atoms with Crippen molar-refractivity contribution in [3.63, 3.8) is 0 Å². The number of amides is 2. The molecular weight excluding hydrogens is 425 g/mol. The molecule has 1 aliphatic rings. The molecule has 1 aromatic rings. The second-order valence-corrected chi connectivity index (χ2v) is 10.2. The molecule has 0 aliphatic carbocycles. The molecule has 1 aliphatic heterocycles. The van der Waals surface area contributed by atoms with Gasteiger partial charge in [0.2, 0.25) is 15.9 Å². The number of piperazine rings is 1. The third kappa shape index (κ3) is 6.03. The molecule has 1 saturated heterocycles. The number of ether oxygens (including phenoxy) is 1. The van der Waals surface area contributed by atoms with Crippen LogP contribution in [0.15, 0.2) is 18.2 Å². The van der Waals surface area contributed by atoms with Crippen molar-refractivity contribution in [2.24, 2.45) is 0 Å². The van der Waals surface area contributed by atoms with Gasteiger partial charge in [-0.05, 0) is 45.9 Å². The molecule has 29 heavy (non-hydrogen) atoms. The highest BCUT2D eigenvalue weighted by Gasteiger charge is 2.40. The summed E-state index contributed by atoms with van der Waals surface area (Å²) in [6.07, 6.45) is -0.728. The molecular formula is C18H25ClFN3O5S. The van der Waals surface area contributed by atoms with Crippen LogP contribution in [0.3, 0.4) is 0 Å². The van der Waals surface area contributed by atoms with Crippen molar-refractivity contribution in [2.75, 3.05) is 30.7 Å². The summed E-state index contributed by atoms with van der Waals surface area (Å²) in [6, 6.07) is 2.59. The standard InChI is InChI=1S/C18H25ClFN3O5S/c1-5-29(26,27)22-8-9-23(17(25)28-18(2,3)4)15(11-22)16(24)21-12-6-7-13(19)14(20)10-12/h6-7,10,15H,5,8-9,11H2,1-4H3,(H,21,24). The first-order valence-corrected chi connectivity index (χ1v) is 11.1. The van der Waals surface area contributed by atoms with Crippen LogP contribution in [0.2, 0.25) is 5.02 Å². The van der Waals surface area contributed by atoms with Crippen molar-refractivity contribution < 1.29 is 27.1 Å². The molecule has 1 unspecified atom stereocenters. The van der Waals surface area contributed by atoms with Crippen molar-refractivity contribution in [1.82, 2.24) is 9.21 Å². The second kappa shape index (κ2) is 8.85. The van der Waals surface area contributed by atoms with Gasteiger partial charge in [-0.15, -0.1) is 0 Å². The molecule has 1 aromatic carbocycles. The number of nitrogens with one attached hydrogen (secondary N) is 1. The topological polar surface area (TPSA) is 96.0 Å². The Bertz CT molecular complexity index is 888. The highest BCUT2D eigenvalue weighted by Crippen LogP contribution is 2.22. The molecule has 0 aromatic heterocycles. The van der Waals surface area contributed by atoms with Gasteiger partial charge in [-0.3, -0.25) is 9.69 Å². The van der Waals surface area contributed by atoms with Gasteiger partial charge in [0.05, 0.1) is 10.8 Å². The quantitative estimate of drug-likeness (QED) is 0.762. The number of carbonyl (C=O) groups is 2. The summed E-state index contributed by atoms with van der Waals surface area (Å²) in [5, 5.41) is 2.41. The number of anilines is 1. The molecule has 8 nitrogen and oxygen atoms in total. The highest BCUT2D eigenvalue weighted by atomic mass is 35.5. The summed E-state index contributed by atoms with van der Waals surface area (Å²) in [4.78, 5) is 26.6. The van der Waals surface area contributed by atoms with Crippen molar-refractivity contribution in [2.45, 2.75) is 39.3 Å². The lowest BCUT2D eigenvalue weighted by Gasteiger charge is -2.40. The maximum absolute atomic E-state index is 13.7. The van der Waals surface area contributed by atoms with Gasteiger partial charge in [0.15, 0.2) is 0 Å². The van der Waals surface area contributed by atoms with Gasteiger partial charge in [-0.2, -0.15) is 4.31 Å². The van der Waals surface area contributed by atoms with Crippen LogP contribution in [0.1, 0.15) is 27.7 Å². The molecule has 0 saturated carbocycles. The molecule has 1 fully saturated rings. The molecule has 11 heteroatoms. The average Bonchev–Trinajstić information content (AvgIpc) is 2.62. The first-order chi connectivity index (χ1) is 13.3. The zero-order valence-electron chi connectivity index (χ0n) is 16.7. The smallest absolute Gasteiger partial charge is 0.411 e. The van der Waals surface area contributed by atoms with E-state index in [9.17, 15) is 22.4 Å². The molecule has 0 spiro atoms. The van der Waals surface area contributed by atoms with E-state index in [1.807, 2.05) is 0 Å². The van der Waals surface area contributed by atoms with Gasteiger partial charge < -0.3 is 10.1 Å². The summed E-state index contributed by atoms with van der Waals surface area (Å²) >= 11 is 5.65. The maximum Gasteiger partial charge on any atom is 0.411 e. The minimum Gasteiger partial charge on any atom is -0.444 e. The minimum atomic E-state index is -3.56. The van der Waals surface area contributed by atoms with Crippen LogP contribution in [-0.2, 0) is 19.6 Å². The number of carbonyl (C=O) groups excluding carboxylic acids is 2. The Morgan fingerprint density at radius 2 is 1.97 bits per heavy atom. The number of rotatable bonds is 4. The molecule has 0 radical (unpaired) electrons. The number of hydrogen-bond donors (Lipinski definition) is 1. The van der Waals surface area contributed by atoms with Gasteiger partial charge >= 0.3 is 6.09 Å². The number of benzene rings is 1. The SMILES string of the molecule is CCS(=O)(=O)N1CCN(C(=O)OC(C)(C)C)C(C(=O)Nc2ccc(Cl)c(F)c2)C1. The number of hydrogen-bond acceptors (Lipinski definition) is 5. The zero-order chi connectivity index (χ0) is 22.0. The molecule has 1 atom stereocenters. The van der Waals surface area contributed by atoms with E-state index in [0.29, 0.717) is 0 Å². The molecule has 1 heterocycles. The minimum absolute atomic E-state index is 0.0127. The van der Waals surface area contributed by atoms with Crippen LogP contribution in [0.5, 0.6) is 0 Å². The summed E-state index contributed by atoms with van der Waals surface area (Å²) in [5.41, 5.74) is -0.652. The summed E-state index contributed by atoms with van der Waals surface area (Å²) < 4.78 is 44.7. The third-order valence-electron chi connectivity index (χ3n) is 4.22. The third-order valence-corrected chi connectivity index (χ3v) is 6.37. The largest absolute Gasteiger partial charge is 0.444 e. The van der Waals surface area contributed by atoms with E-state index in [1.54, 1.807) is 20.8 Å². The Morgan fingerprint density at radius 3 is 2.52 bits per heavy atom. The Balaban J connectivity index is 2.28. The van der Waals surface area contributed by atoms with E-state index in [0.717, 1.165) is 6.07 Å². The van der Waals surface area contributed by atoms with E-state index in [1.165, 1.54) is 28.3 Å². The lowest BCUT2D eigenvalue weighted by atomic mass is 10.1. The molecule has 2 rings (SSSR count). The lowest BCUT2D eigenvalue weighted by molar-refractivity contribution is -0.122. The van der Waals surface area contributed by atoms with Gasteiger partial charge in [0.1, 0.15) is 17.5 Å². The van der Waals surface area contributed by atoms with Crippen molar-refractivity contribution in [3.8, 4) is 0 Å². The zero-order valence-corrected chi connectivity index (χ0v) is 18.3. The van der Waals surface area contributed by atoms with Gasteiger partial charge in [-0.25, -0.2) is 17.6 Å². The van der Waals surface area contributed by atoms with Gasteiger partial charge in [-0.1, -0.05) is 11.6 Å². The lowest BCUT2D eigenvalue weighted by Crippen LogP contribution is -2.61. The monoisotopic (exact) mass is 449 g/mol. The van der Waals surface area contributed by atoms with Crippen LogP contribution in [-0.4, -0.2) is 66.7 Å². The number of nitrogens with zero attached hydrogens (tertiary/aromatic N) is 2. The van der Waals surface area contributed by atoms with E-state index in [2.05, 4.69) is 5.32 Å². The predicted octanol–water partition coefficient (Wildman–Crippen LogP) is 2.69. The number of halogens is 2. The van der Waals surface area contributed by atoms with E-state index in [-0.39, 0.29) is 36.1 Å². The highest BCUT2D eigenvalue weighted by molar-refractivity contribution is 7.89. The first-order valence-electron chi connectivity index (χ1n) is 9.07. The van der Waals surface area contributed by atoms with Crippen molar-refractivity contribution >= 4 is 39.3 Å². The molecule has 162 valence electrons. The van der Waals surface area contributed by atoms with E-state index < -0.39 is 39.5 Å². The van der Waals surface area contributed by atoms with Crippen molar-refractivity contribution in [1.29, 1.82) is 0 Å². The van der Waals surface area contributed by atoms with Gasteiger partial charge in [0.25, 0.3) is 0 Å². The molecule has 1 N–H and O–H groups in total. The molecule has 0 bridgehead atoms. The van der Waals surface area contributed by atoms with E-state index in [4.69, 9.17) is 16.3 Å². The van der Waals surface area contributed by atoms with Gasteiger partial charge in [0, 0.05) is 25.3 Å². The van der Waals surface area contributed by atoms with E-state index >= 15 is 0 Å². The maximum atomic E-state index is 13.7. The fraction of sp³-hybridized carbons (Fsp3) is 0.556. The Hall–Kier alpha value is -1.91. The fourth-order valence-electron chi connectivity index (χ4n) is 2.76. The summed E-state index contributed by atoms with van der Waals surface area (Å²) in [7, 11) is -3.56. The van der Waals surface area contributed by atoms with Crippen LogP contribution in [0.4, 0.5) is 14.9 Å². The van der Waals surface area contributed by atoms with Crippen molar-refractivity contribution in [3.05, 3.63) is 29.0 Å². The fourth-order valence-corrected chi connectivity index (χ4v) is 3.97.